The highest BCUT2D eigenvalue weighted by Crippen LogP contribution is 2.26. The smallest absolute Gasteiger partial charge is 0.240 e. The SMILES string of the molecule is CNS(=O)(=O)c1cccc(CNC(=O)C2(N)CCCCC2)c1.Cl. The molecule has 0 radical (unpaired) electrons. The monoisotopic (exact) mass is 361 g/mol. The van der Waals surface area contributed by atoms with Gasteiger partial charge in [0.1, 0.15) is 0 Å². The first kappa shape index (κ1) is 19.9. The van der Waals surface area contributed by atoms with Gasteiger partial charge in [0.25, 0.3) is 0 Å². The molecule has 1 aromatic rings. The lowest BCUT2D eigenvalue weighted by Gasteiger charge is -2.31. The normalized spacial score (nSPS) is 17.1. The van der Waals surface area contributed by atoms with Gasteiger partial charge in [0.15, 0.2) is 0 Å². The molecule has 1 aromatic carbocycles. The van der Waals surface area contributed by atoms with Crippen molar-refractivity contribution in [3.05, 3.63) is 29.8 Å². The van der Waals surface area contributed by atoms with E-state index in [1.54, 1.807) is 18.2 Å². The van der Waals surface area contributed by atoms with Crippen LogP contribution in [-0.4, -0.2) is 26.9 Å². The zero-order valence-electron chi connectivity index (χ0n) is 13.2. The van der Waals surface area contributed by atoms with Crippen molar-refractivity contribution >= 4 is 28.3 Å². The molecular weight excluding hydrogens is 338 g/mol. The molecule has 0 spiro atoms. The zero-order chi connectivity index (χ0) is 16.2. The van der Waals surface area contributed by atoms with Crippen molar-refractivity contribution in [3.8, 4) is 0 Å². The predicted octanol–water partition coefficient (Wildman–Crippen LogP) is 1.29. The first-order valence-electron chi connectivity index (χ1n) is 7.47. The minimum absolute atomic E-state index is 0. The van der Waals surface area contributed by atoms with Crippen molar-refractivity contribution in [2.24, 2.45) is 5.73 Å². The molecule has 23 heavy (non-hydrogen) atoms. The molecule has 0 unspecified atom stereocenters. The third-order valence-corrected chi connectivity index (χ3v) is 5.54. The topological polar surface area (TPSA) is 101 Å². The first-order valence-corrected chi connectivity index (χ1v) is 8.95. The van der Waals surface area contributed by atoms with Crippen LogP contribution >= 0.6 is 12.4 Å². The summed E-state index contributed by atoms with van der Waals surface area (Å²) in [6, 6.07) is 6.50. The highest BCUT2D eigenvalue weighted by atomic mass is 35.5. The number of rotatable bonds is 5. The summed E-state index contributed by atoms with van der Waals surface area (Å²) in [7, 11) is -2.11. The fourth-order valence-corrected chi connectivity index (χ4v) is 3.51. The number of carbonyl (C=O) groups excluding carboxylic acids is 1. The van der Waals surface area contributed by atoms with E-state index in [0.29, 0.717) is 12.8 Å². The molecular formula is C15H24ClN3O3S. The Labute approximate surface area is 143 Å². The van der Waals surface area contributed by atoms with E-state index in [4.69, 9.17) is 5.73 Å². The van der Waals surface area contributed by atoms with Crippen molar-refractivity contribution in [1.82, 2.24) is 10.0 Å². The number of amides is 1. The first-order chi connectivity index (χ1) is 10.4. The molecule has 1 aliphatic carbocycles. The molecule has 2 rings (SSSR count). The molecule has 1 amide bonds. The van der Waals surface area contributed by atoms with E-state index in [-0.39, 0.29) is 29.8 Å². The average molecular weight is 362 g/mol. The standard InChI is InChI=1S/C15H23N3O3S.ClH/c1-17-22(20,21)13-7-5-6-12(10-13)11-18-14(19)15(16)8-3-2-4-9-15;/h5-7,10,17H,2-4,8-9,11,16H2,1H3,(H,18,19);1H. The van der Waals surface area contributed by atoms with Gasteiger partial charge in [-0.2, -0.15) is 0 Å². The van der Waals surface area contributed by atoms with Crippen LogP contribution in [0, 0.1) is 0 Å². The van der Waals surface area contributed by atoms with Crippen LogP contribution in [0.15, 0.2) is 29.2 Å². The van der Waals surface area contributed by atoms with Gasteiger partial charge in [0, 0.05) is 6.54 Å². The molecule has 1 fully saturated rings. The molecule has 0 aromatic heterocycles. The van der Waals surface area contributed by atoms with Crippen molar-refractivity contribution in [3.63, 3.8) is 0 Å². The van der Waals surface area contributed by atoms with E-state index in [1.807, 2.05) is 0 Å². The highest BCUT2D eigenvalue weighted by Gasteiger charge is 2.34. The van der Waals surface area contributed by atoms with Gasteiger partial charge in [-0.15, -0.1) is 12.4 Å². The van der Waals surface area contributed by atoms with Gasteiger partial charge in [-0.05, 0) is 37.6 Å². The molecule has 6 nitrogen and oxygen atoms in total. The van der Waals surface area contributed by atoms with Gasteiger partial charge in [0.05, 0.1) is 10.4 Å². The zero-order valence-corrected chi connectivity index (χ0v) is 14.8. The molecule has 1 saturated carbocycles. The third-order valence-electron chi connectivity index (χ3n) is 4.13. The molecule has 1 aliphatic rings. The number of hydrogen-bond donors (Lipinski definition) is 3. The Morgan fingerprint density at radius 2 is 1.91 bits per heavy atom. The average Bonchev–Trinajstić information content (AvgIpc) is 2.53. The van der Waals surface area contributed by atoms with E-state index in [1.165, 1.54) is 13.1 Å². The molecule has 0 aliphatic heterocycles. The summed E-state index contributed by atoms with van der Waals surface area (Å²) in [6.07, 6.45) is 4.47. The lowest BCUT2D eigenvalue weighted by atomic mass is 9.82. The van der Waals surface area contributed by atoms with Gasteiger partial charge in [-0.1, -0.05) is 31.4 Å². The Morgan fingerprint density at radius 1 is 1.26 bits per heavy atom. The number of nitrogens with one attached hydrogen (secondary N) is 2. The fourth-order valence-electron chi connectivity index (χ4n) is 2.71. The number of carbonyl (C=O) groups is 1. The van der Waals surface area contributed by atoms with Crippen molar-refractivity contribution < 1.29 is 13.2 Å². The minimum atomic E-state index is -3.48. The lowest BCUT2D eigenvalue weighted by molar-refractivity contribution is -0.127. The predicted molar refractivity (Wildman–Crippen MR) is 91.8 cm³/mol. The van der Waals surface area contributed by atoms with Crippen LogP contribution in [0.3, 0.4) is 0 Å². The fraction of sp³-hybridized carbons (Fsp3) is 0.533. The van der Waals surface area contributed by atoms with Gasteiger partial charge in [-0.3, -0.25) is 4.79 Å². The highest BCUT2D eigenvalue weighted by molar-refractivity contribution is 7.89. The number of sulfonamides is 1. The van der Waals surface area contributed by atoms with Crippen LogP contribution in [-0.2, 0) is 21.4 Å². The second-order valence-corrected chi connectivity index (χ2v) is 7.64. The van der Waals surface area contributed by atoms with E-state index >= 15 is 0 Å². The summed E-state index contributed by atoms with van der Waals surface area (Å²) in [6.45, 7) is 0.269. The van der Waals surface area contributed by atoms with Crippen LogP contribution in [0.5, 0.6) is 0 Å². The second-order valence-electron chi connectivity index (χ2n) is 5.75. The lowest BCUT2D eigenvalue weighted by Crippen LogP contribution is -2.54. The number of hydrogen-bond acceptors (Lipinski definition) is 4. The summed E-state index contributed by atoms with van der Waals surface area (Å²) in [5, 5.41) is 2.83. The third kappa shape index (κ3) is 4.91. The Morgan fingerprint density at radius 3 is 2.52 bits per heavy atom. The molecule has 0 saturated heterocycles. The molecule has 4 N–H and O–H groups in total. The quantitative estimate of drug-likeness (QED) is 0.735. The summed E-state index contributed by atoms with van der Waals surface area (Å²) in [5.41, 5.74) is 6.11. The molecule has 8 heteroatoms. The van der Waals surface area contributed by atoms with Crippen molar-refractivity contribution in [2.45, 2.75) is 49.1 Å². The van der Waals surface area contributed by atoms with Gasteiger partial charge < -0.3 is 11.1 Å². The molecule has 0 heterocycles. The largest absolute Gasteiger partial charge is 0.350 e. The number of halogens is 1. The second kappa shape index (κ2) is 8.10. The van der Waals surface area contributed by atoms with Crippen LogP contribution in [0.2, 0.25) is 0 Å². The van der Waals surface area contributed by atoms with Gasteiger partial charge >= 0.3 is 0 Å². The van der Waals surface area contributed by atoms with Crippen LogP contribution in [0.25, 0.3) is 0 Å². The maximum absolute atomic E-state index is 12.3. The molecule has 130 valence electrons. The summed E-state index contributed by atoms with van der Waals surface area (Å²) >= 11 is 0. The Hall–Kier alpha value is -1.15. The molecule has 0 atom stereocenters. The maximum atomic E-state index is 12.3. The Balaban J connectivity index is 0.00000264. The minimum Gasteiger partial charge on any atom is -0.350 e. The number of nitrogens with two attached hydrogens (primary N) is 1. The van der Waals surface area contributed by atoms with E-state index in [0.717, 1.165) is 24.8 Å². The van der Waals surface area contributed by atoms with E-state index in [2.05, 4.69) is 10.0 Å². The van der Waals surface area contributed by atoms with Gasteiger partial charge in [0.2, 0.25) is 15.9 Å². The summed E-state index contributed by atoms with van der Waals surface area (Å²) in [5.74, 6) is -0.158. The molecule has 0 bridgehead atoms. The maximum Gasteiger partial charge on any atom is 0.240 e. The summed E-state index contributed by atoms with van der Waals surface area (Å²) < 4.78 is 25.8. The van der Waals surface area contributed by atoms with Gasteiger partial charge in [-0.25, -0.2) is 13.1 Å². The van der Waals surface area contributed by atoms with Crippen LogP contribution < -0.4 is 15.8 Å². The van der Waals surface area contributed by atoms with E-state index in [9.17, 15) is 13.2 Å². The van der Waals surface area contributed by atoms with Crippen molar-refractivity contribution in [1.29, 1.82) is 0 Å². The van der Waals surface area contributed by atoms with Crippen LogP contribution in [0.1, 0.15) is 37.7 Å². The Bertz CT molecular complexity index is 643. The summed E-state index contributed by atoms with van der Waals surface area (Å²) in [4.78, 5) is 12.4. The number of benzene rings is 1. The van der Waals surface area contributed by atoms with E-state index < -0.39 is 15.6 Å². The Kier molecular flexibility index (Phi) is 7.01. The van der Waals surface area contributed by atoms with Crippen LogP contribution in [0.4, 0.5) is 0 Å². The van der Waals surface area contributed by atoms with Crippen molar-refractivity contribution in [2.75, 3.05) is 7.05 Å².